The third-order valence-corrected chi connectivity index (χ3v) is 4.73. The van der Waals surface area contributed by atoms with Gasteiger partial charge in [0.25, 0.3) is 5.56 Å². The highest BCUT2D eigenvalue weighted by molar-refractivity contribution is 5.81. The number of hydrogen-bond donors (Lipinski definition) is 1. The van der Waals surface area contributed by atoms with E-state index in [9.17, 15) is 18.8 Å². The second kappa shape index (κ2) is 9.87. The summed E-state index contributed by atoms with van der Waals surface area (Å²) >= 11 is 0. The molecule has 2 aromatic carbocycles. The number of ether oxygens (including phenoxy) is 1. The number of para-hydroxylation sites is 1. The van der Waals surface area contributed by atoms with Gasteiger partial charge in [-0.15, -0.1) is 0 Å². The summed E-state index contributed by atoms with van der Waals surface area (Å²) in [6.07, 6.45) is 1.40. The number of fused-ring (bicyclic) bond motifs is 1. The standard InChI is InChI=1S/C22H24FN3O4/c1-2-25-21(28)18-7-3-4-8-19(18)26(22(25)29)15-20(27)24-13-5-6-14-30-17-11-9-16(23)10-12-17/h3-4,7-12H,2,5-6,13-15H2,1H3,(H,24,27). The highest BCUT2D eigenvalue weighted by Gasteiger charge is 2.14. The lowest BCUT2D eigenvalue weighted by Crippen LogP contribution is -2.42. The molecule has 0 saturated heterocycles. The van der Waals surface area contributed by atoms with E-state index in [1.165, 1.54) is 16.7 Å². The number of hydrogen-bond acceptors (Lipinski definition) is 4. The zero-order valence-corrected chi connectivity index (χ0v) is 16.8. The van der Waals surface area contributed by atoms with Crippen molar-refractivity contribution in [2.45, 2.75) is 32.9 Å². The Morgan fingerprint density at radius 1 is 1.03 bits per heavy atom. The Labute approximate surface area is 172 Å². The van der Waals surface area contributed by atoms with Crippen LogP contribution in [-0.2, 0) is 17.9 Å². The van der Waals surface area contributed by atoms with Crippen LogP contribution in [0.4, 0.5) is 4.39 Å². The van der Waals surface area contributed by atoms with Gasteiger partial charge in [0.1, 0.15) is 18.1 Å². The fraction of sp³-hybridized carbons (Fsp3) is 0.318. The van der Waals surface area contributed by atoms with Crippen LogP contribution in [0, 0.1) is 5.82 Å². The molecule has 0 aliphatic heterocycles. The molecule has 1 amide bonds. The van der Waals surface area contributed by atoms with Crippen LogP contribution in [0.1, 0.15) is 19.8 Å². The van der Waals surface area contributed by atoms with Crippen LogP contribution in [0.3, 0.4) is 0 Å². The van der Waals surface area contributed by atoms with Crippen molar-refractivity contribution < 1.29 is 13.9 Å². The van der Waals surface area contributed by atoms with Crippen molar-refractivity contribution >= 4 is 16.8 Å². The van der Waals surface area contributed by atoms with Crippen LogP contribution in [0.2, 0.25) is 0 Å². The van der Waals surface area contributed by atoms with Crippen LogP contribution in [-0.4, -0.2) is 28.2 Å². The molecule has 3 rings (SSSR count). The predicted octanol–water partition coefficient (Wildman–Crippen LogP) is 2.30. The first-order chi connectivity index (χ1) is 14.5. The first-order valence-corrected chi connectivity index (χ1v) is 9.88. The van der Waals surface area contributed by atoms with Gasteiger partial charge in [-0.3, -0.25) is 18.7 Å². The molecule has 0 spiro atoms. The Morgan fingerprint density at radius 2 is 1.77 bits per heavy atom. The fourth-order valence-corrected chi connectivity index (χ4v) is 3.18. The predicted molar refractivity (Wildman–Crippen MR) is 112 cm³/mol. The summed E-state index contributed by atoms with van der Waals surface area (Å²) < 4.78 is 20.8. The third kappa shape index (κ3) is 4.94. The van der Waals surface area contributed by atoms with Gasteiger partial charge >= 0.3 is 5.69 Å². The first-order valence-electron chi connectivity index (χ1n) is 9.88. The van der Waals surface area contributed by atoms with E-state index >= 15 is 0 Å². The van der Waals surface area contributed by atoms with Crippen molar-refractivity contribution in [2.24, 2.45) is 0 Å². The van der Waals surface area contributed by atoms with Gasteiger partial charge in [-0.05, 0) is 56.2 Å². The topological polar surface area (TPSA) is 82.3 Å². The van der Waals surface area contributed by atoms with Crippen LogP contribution in [0.15, 0.2) is 58.1 Å². The second-order valence-corrected chi connectivity index (χ2v) is 6.79. The summed E-state index contributed by atoms with van der Waals surface area (Å²) in [4.78, 5) is 37.4. The van der Waals surface area contributed by atoms with E-state index in [0.29, 0.717) is 42.6 Å². The molecule has 3 aromatic rings. The fourth-order valence-electron chi connectivity index (χ4n) is 3.18. The Bertz CT molecular complexity index is 1140. The van der Waals surface area contributed by atoms with Crippen molar-refractivity contribution in [1.29, 1.82) is 0 Å². The molecule has 158 valence electrons. The normalized spacial score (nSPS) is 10.9. The lowest BCUT2D eigenvalue weighted by molar-refractivity contribution is -0.121. The van der Waals surface area contributed by atoms with E-state index in [4.69, 9.17) is 4.74 Å². The molecule has 8 heteroatoms. The minimum atomic E-state index is -0.496. The van der Waals surface area contributed by atoms with Gasteiger partial charge in [-0.25, -0.2) is 9.18 Å². The number of nitrogens with one attached hydrogen (secondary N) is 1. The van der Waals surface area contributed by atoms with Crippen molar-refractivity contribution in [2.75, 3.05) is 13.2 Å². The number of benzene rings is 2. The maximum atomic E-state index is 12.8. The molecule has 0 saturated carbocycles. The van der Waals surface area contributed by atoms with Gasteiger partial charge in [-0.1, -0.05) is 12.1 Å². The van der Waals surface area contributed by atoms with E-state index in [1.807, 2.05) is 0 Å². The van der Waals surface area contributed by atoms with E-state index in [2.05, 4.69) is 5.32 Å². The quantitative estimate of drug-likeness (QED) is 0.546. The Kier molecular flexibility index (Phi) is 7.00. The largest absolute Gasteiger partial charge is 0.494 e. The zero-order chi connectivity index (χ0) is 21.5. The minimum Gasteiger partial charge on any atom is -0.494 e. The number of rotatable bonds is 9. The maximum absolute atomic E-state index is 12.8. The van der Waals surface area contributed by atoms with E-state index in [-0.39, 0.29) is 30.4 Å². The molecular formula is C22H24FN3O4. The molecule has 0 unspecified atom stereocenters. The molecule has 7 nitrogen and oxygen atoms in total. The lowest BCUT2D eigenvalue weighted by atomic mass is 10.2. The van der Waals surface area contributed by atoms with Crippen molar-refractivity contribution in [3.8, 4) is 5.75 Å². The van der Waals surface area contributed by atoms with Crippen LogP contribution < -0.4 is 21.3 Å². The number of halogens is 1. The number of carbonyl (C=O) groups is 1. The molecule has 0 bridgehead atoms. The molecule has 0 radical (unpaired) electrons. The number of amides is 1. The summed E-state index contributed by atoms with van der Waals surface area (Å²) in [5, 5.41) is 3.20. The third-order valence-electron chi connectivity index (χ3n) is 4.73. The summed E-state index contributed by atoms with van der Waals surface area (Å²) in [5.41, 5.74) is -0.403. The van der Waals surface area contributed by atoms with Gasteiger partial charge in [0.2, 0.25) is 5.91 Å². The zero-order valence-electron chi connectivity index (χ0n) is 16.8. The molecule has 0 aliphatic carbocycles. The molecule has 30 heavy (non-hydrogen) atoms. The number of unbranched alkanes of at least 4 members (excludes halogenated alkanes) is 1. The van der Waals surface area contributed by atoms with Gasteiger partial charge in [0.15, 0.2) is 0 Å². The molecule has 0 aliphatic rings. The summed E-state index contributed by atoms with van der Waals surface area (Å²) in [5.74, 6) is -0.0213. The summed E-state index contributed by atoms with van der Waals surface area (Å²) in [7, 11) is 0. The van der Waals surface area contributed by atoms with Gasteiger partial charge in [-0.2, -0.15) is 0 Å². The Morgan fingerprint density at radius 3 is 2.50 bits per heavy atom. The molecular weight excluding hydrogens is 389 g/mol. The van der Waals surface area contributed by atoms with Crippen LogP contribution in [0.5, 0.6) is 5.75 Å². The average molecular weight is 413 g/mol. The summed E-state index contributed by atoms with van der Waals surface area (Å²) in [6.45, 7) is 2.68. The van der Waals surface area contributed by atoms with Gasteiger partial charge in [0, 0.05) is 13.1 Å². The molecule has 0 fully saturated rings. The number of aromatic nitrogens is 2. The SMILES string of the molecule is CCn1c(=O)c2ccccc2n(CC(=O)NCCCCOc2ccc(F)cc2)c1=O. The van der Waals surface area contributed by atoms with E-state index in [1.54, 1.807) is 43.3 Å². The Balaban J connectivity index is 1.54. The molecule has 1 N–H and O–H groups in total. The lowest BCUT2D eigenvalue weighted by Gasteiger charge is -2.13. The van der Waals surface area contributed by atoms with E-state index < -0.39 is 5.69 Å². The van der Waals surface area contributed by atoms with Crippen molar-refractivity contribution in [3.05, 3.63) is 75.2 Å². The Hall–Kier alpha value is -3.42. The smallest absolute Gasteiger partial charge is 0.331 e. The average Bonchev–Trinajstić information content (AvgIpc) is 2.75. The van der Waals surface area contributed by atoms with Crippen LogP contribution >= 0.6 is 0 Å². The number of carbonyl (C=O) groups excluding carboxylic acids is 1. The van der Waals surface area contributed by atoms with Crippen LogP contribution in [0.25, 0.3) is 10.9 Å². The molecule has 1 heterocycles. The monoisotopic (exact) mass is 413 g/mol. The van der Waals surface area contributed by atoms with Gasteiger partial charge in [0.05, 0.1) is 17.5 Å². The van der Waals surface area contributed by atoms with Gasteiger partial charge < -0.3 is 10.1 Å². The molecule has 0 atom stereocenters. The minimum absolute atomic E-state index is 0.161. The highest BCUT2D eigenvalue weighted by Crippen LogP contribution is 2.11. The number of nitrogens with zero attached hydrogens (tertiary/aromatic N) is 2. The highest BCUT2D eigenvalue weighted by atomic mass is 19.1. The maximum Gasteiger partial charge on any atom is 0.331 e. The first kappa shape index (κ1) is 21.3. The summed E-state index contributed by atoms with van der Waals surface area (Å²) in [6, 6.07) is 12.6. The molecule has 1 aromatic heterocycles. The van der Waals surface area contributed by atoms with Crippen molar-refractivity contribution in [1.82, 2.24) is 14.5 Å². The second-order valence-electron chi connectivity index (χ2n) is 6.79. The van der Waals surface area contributed by atoms with Crippen molar-refractivity contribution in [3.63, 3.8) is 0 Å². The van der Waals surface area contributed by atoms with E-state index in [0.717, 1.165) is 4.57 Å².